The first-order chi connectivity index (χ1) is 8.02. The molecule has 0 aliphatic heterocycles. The summed E-state index contributed by atoms with van der Waals surface area (Å²) in [6, 6.07) is 1.81. The lowest BCUT2D eigenvalue weighted by Gasteiger charge is -2.11. The Morgan fingerprint density at radius 2 is 1.94 bits per heavy atom. The maximum absolute atomic E-state index is 13.6. The fourth-order valence-corrected chi connectivity index (χ4v) is 1.33. The van der Waals surface area contributed by atoms with Crippen molar-refractivity contribution in [3.05, 3.63) is 35.9 Å². The number of benzene rings is 1. The number of esters is 1. The van der Waals surface area contributed by atoms with E-state index >= 15 is 0 Å². The van der Waals surface area contributed by atoms with E-state index in [0.717, 1.165) is 12.1 Å². The van der Waals surface area contributed by atoms with Crippen LogP contribution in [0.1, 0.15) is 12.5 Å². The van der Waals surface area contributed by atoms with Gasteiger partial charge >= 0.3 is 5.97 Å². The summed E-state index contributed by atoms with van der Waals surface area (Å²) in [5.41, 5.74) is -0.591. The van der Waals surface area contributed by atoms with Crippen molar-refractivity contribution in [1.29, 1.82) is 0 Å². The smallest absolute Gasteiger partial charge is 0.338 e. The molecule has 0 atom stereocenters. The normalized spacial score (nSPS) is 9.88. The quantitative estimate of drug-likeness (QED) is 0.601. The van der Waals surface area contributed by atoms with Crippen LogP contribution < -0.4 is 4.74 Å². The SMILES string of the molecule is C=C(C(=O)OCC)c1c(F)ccc(F)c1OC. The molecular weight excluding hydrogens is 230 g/mol. The van der Waals surface area contributed by atoms with Crippen molar-refractivity contribution < 1.29 is 23.0 Å². The number of carbonyl (C=O) groups is 1. The highest BCUT2D eigenvalue weighted by Crippen LogP contribution is 2.31. The molecule has 0 radical (unpaired) electrons. The van der Waals surface area contributed by atoms with Crippen molar-refractivity contribution in [2.45, 2.75) is 6.92 Å². The zero-order chi connectivity index (χ0) is 13.0. The topological polar surface area (TPSA) is 35.5 Å². The second kappa shape index (κ2) is 5.43. The minimum atomic E-state index is -0.810. The fraction of sp³-hybridized carbons (Fsp3) is 0.250. The standard InChI is InChI=1S/C12H12F2O3/c1-4-17-12(15)7(2)10-8(13)5-6-9(14)11(10)16-3/h5-6H,2,4H2,1,3H3. The van der Waals surface area contributed by atoms with Crippen LogP contribution in [0.4, 0.5) is 8.78 Å². The Hall–Kier alpha value is -1.91. The molecule has 0 saturated heterocycles. The Kier molecular flexibility index (Phi) is 4.20. The monoisotopic (exact) mass is 242 g/mol. The number of hydrogen-bond acceptors (Lipinski definition) is 3. The third kappa shape index (κ3) is 2.61. The van der Waals surface area contributed by atoms with Gasteiger partial charge in [0.2, 0.25) is 0 Å². The van der Waals surface area contributed by atoms with E-state index in [1.807, 2.05) is 0 Å². The van der Waals surface area contributed by atoms with Gasteiger partial charge in [-0.05, 0) is 19.1 Å². The fourth-order valence-electron chi connectivity index (χ4n) is 1.33. The maximum Gasteiger partial charge on any atom is 0.338 e. The lowest BCUT2D eigenvalue weighted by Crippen LogP contribution is -2.09. The van der Waals surface area contributed by atoms with Crippen LogP contribution in [0, 0.1) is 11.6 Å². The Balaban J connectivity index is 3.25. The predicted molar refractivity (Wildman–Crippen MR) is 58.6 cm³/mol. The van der Waals surface area contributed by atoms with Gasteiger partial charge in [0.15, 0.2) is 11.6 Å². The molecule has 0 heterocycles. The predicted octanol–water partition coefficient (Wildman–Crippen LogP) is 2.55. The first kappa shape index (κ1) is 13.2. The number of ether oxygens (including phenoxy) is 2. The zero-order valence-corrected chi connectivity index (χ0v) is 9.55. The summed E-state index contributed by atoms with van der Waals surface area (Å²) in [5.74, 6) is -2.73. The van der Waals surface area contributed by atoms with Crippen molar-refractivity contribution in [1.82, 2.24) is 0 Å². The number of methoxy groups -OCH3 is 1. The largest absolute Gasteiger partial charge is 0.493 e. The van der Waals surface area contributed by atoms with Crippen LogP contribution in [0.3, 0.4) is 0 Å². The average Bonchev–Trinajstić information content (AvgIpc) is 2.31. The van der Waals surface area contributed by atoms with E-state index in [1.54, 1.807) is 6.92 Å². The van der Waals surface area contributed by atoms with Crippen molar-refractivity contribution in [3.63, 3.8) is 0 Å². The molecule has 0 unspecified atom stereocenters. The van der Waals surface area contributed by atoms with Gasteiger partial charge in [-0.1, -0.05) is 6.58 Å². The molecule has 1 rings (SSSR count). The van der Waals surface area contributed by atoms with Crippen LogP contribution >= 0.6 is 0 Å². The molecule has 1 aromatic rings. The highest BCUT2D eigenvalue weighted by molar-refractivity contribution is 6.16. The van der Waals surface area contributed by atoms with Crippen LogP contribution in [0.15, 0.2) is 18.7 Å². The molecule has 92 valence electrons. The lowest BCUT2D eigenvalue weighted by molar-refractivity contribution is -0.136. The van der Waals surface area contributed by atoms with Crippen molar-refractivity contribution in [3.8, 4) is 5.75 Å². The van der Waals surface area contributed by atoms with E-state index in [9.17, 15) is 13.6 Å². The van der Waals surface area contributed by atoms with E-state index in [0.29, 0.717) is 0 Å². The summed E-state index contributed by atoms with van der Waals surface area (Å²) >= 11 is 0. The van der Waals surface area contributed by atoms with Crippen LogP contribution in [0.25, 0.3) is 5.57 Å². The molecule has 17 heavy (non-hydrogen) atoms. The summed E-state index contributed by atoms with van der Waals surface area (Å²) in [5, 5.41) is 0. The highest BCUT2D eigenvalue weighted by atomic mass is 19.1. The molecule has 5 heteroatoms. The number of rotatable bonds is 4. The number of hydrogen-bond donors (Lipinski definition) is 0. The molecule has 3 nitrogen and oxygen atoms in total. The van der Waals surface area contributed by atoms with Gasteiger partial charge in [0.25, 0.3) is 0 Å². The van der Waals surface area contributed by atoms with Crippen LogP contribution in [0.2, 0.25) is 0 Å². The van der Waals surface area contributed by atoms with E-state index in [1.165, 1.54) is 7.11 Å². The molecule has 0 spiro atoms. The molecule has 1 aromatic carbocycles. The van der Waals surface area contributed by atoms with E-state index in [2.05, 4.69) is 11.3 Å². The van der Waals surface area contributed by atoms with Gasteiger partial charge in [-0.2, -0.15) is 0 Å². The van der Waals surface area contributed by atoms with Crippen LogP contribution in [-0.4, -0.2) is 19.7 Å². The molecule has 0 fully saturated rings. The second-order valence-corrected chi connectivity index (χ2v) is 3.14. The molecule has 0 aliphatic carbocycles. The minimum Gasteiger partial charge on any atom is -0.493 e. The Morgan fingerprint density at radius 3 is 2.47 bits per heavy atom. The Bertz CT molecular complexity index is 455. The molecule has 0 amide bonds. The maximum atomic E-state index is 13.6. The third-order valence-electron chi connectivity index (χ3n) is 2.09. The summed E-state index contributed by atoms with van der Waals surface area (Å²) in [4.78, 5) is 11.4. The highest BCUT2D eigenvalue weighted by Gasteiger charge is 2.22. The van der Waals surface area contributed by atoms with Crippen LogP contribution in [-0.2, 0) is 9.53 Å². The van der Waals surface area contributed by atoms with Gasteiger partial charge in [0, 0.05) is 0 Å². The summed E-state index contributed by atoms with van der Waals surface area (Å²) < 4.78 is 36.3. The lowest BCUT2D eigenvalue weighted by atomic mass is 10.1. The van der Waals surface area contributed by atoms with Gasteiger partial charge in [0.1, 0.15) is 5.82 Å². The van der Waals surface area contributed by atoms with E-state index in [-0.39, 0.29) is 23.5 Å². The second-order valence-electron chi connectivity index (χ2n) is 3.14. The Morgan fingerprint density at radius 1 is 1.35 bits per heavy atom. The molecular formula is C12H12F2O3. The van der Waals surface area contributed by atoms with E-state index in [4.69, 9.17) is 4.74 Å². The van der Waals surface area contributed by atoms with Gasteiger partial charge in [-0.25, -0.2) is 13.6 Å². The number of carbonyl (C=O) groups excluding carboxylic acids is 1. The number of halogens is 2. The summed E-state index contributed by atoms with van der Waals surface area (Å²) in [7, 11) is 1.18. The van der Waals surface area contributed by atoms with Crippen molar-refractivity contribution >= 4 is 11.5 Å². The first-order valence-corrected chi connectivity index (χ1v) is 4.91. The van der Waals surface area contributed by atoms with Crippen molar-refractivity contribution in [2.24, 2.45) is 0 Å². The van der Waals surface area contributed by atoms with Crippen molar-refractivity contribution in [2.75, 3.05) is 13.7 Å². The third-order valence-corrected chi connectivity index (χ3v) is 2.09. The van der Waals surface area contributed by atoms with Gasteiger partial charge in [-0.15, -0.1) is 0 Å². The van der Waals surface area contributed by atoms with E-state index < -0.39 is 17.6 Å². The van der Waals surface area contributed by atoms with Gasteiger partial charge < -0.3 is 9.47 Å². The van der Waals surface area contributed by atoms with Crippen LogP contribution in [0.5, 0.6) is 5.75 Å². The first-order valence-electron chi connectivity index (χ1n) is 4.91. The van der Waals surface area contributed by atoms with Gasteiger partial charge in [-0.3, -0.25) is 0 Å². The molecule has 0 aliphatic rings. The molecule has 0 bridgehead atoms. The minimum absolute atomic E-state index is 0.122. The van der Waals surface area contributed by atoms with Gasteiger partial charge in [0.05, 0.1) is 24.9 Å². The summed E-state index contributed by atoms with van der Waals surface area (Å²) in [6.07, 6.45) is 0. The molecule has 0 N–H and O–H groups in total. The zero-order valence-electron chi connectivity index (χ0n) is 9.55. The molecule has 0 saturated carbocycles. The summed E-state index contributed by atoms with van der Waals surface area (Å²) in [6.45, 7) is 5.12. The average molecular weight is 242 g/mol. The Labute approximate surface area is 97.7 Å². The molecule has 0 aromatic heterocycles.